The van der Waals surface area contributed by atoms with Gasteiger partial charge in [0.2, 0.25) is 11.8 Å². The first-order chi connectivity index (χ1) is 12.2. The lowest BCUT2D eigenvalue weighted by Gasteiger charge is -1.98. The van der Waals surface area contributed by atoms with Crippen LogP contribution in [0.15, 0.2) is 41.2 Å². The molecular weight excluding hydrogens is 342 g/mol. The summed E-state index contributed by atoms with van der Waals surface area (Å²) in [4.78, 5) is 23.6. The first-order valence-electron chi connectivity index (χ1n) is 7.36. The van der Waals surface area contributed by atoms with Crippen molar-refractivity contribution in [1.82, 2.24) is 25.1 Å². The zero-order chi connectivity index (χ0) is 17.2. The normalized spacial score (nSPS) is 11.0. The molecule has 0 saturated heterocycles. The SMILES string of the molecule is O=C(O)Cc1nnc(Cc2nc3ccc(-c4cnccn4)cc3s2)o1. The summed E-state index contributed by atoms with van der Waals surface area (Å²) >= 11 is 1.52. The summed E-state index contributed by atoms with van der Waals surface area (Å²) in [5.41, 5.74) is 2.64. The number of thiazole rings is 1. The molecule has 0 atom stereocenters. The Kier molecular flexibility index (Phi) is 3.90. The van der Waals surface area contributed by atoms with Gasteiger partial charge in [0.25, 0.3) is 0 Å². The second kappa shape index (κ2) is 6.36. The molecule has 3 aromatic heterocycles. The zero-order valence-electron chi connectivity index (χ0n) is 12.8. The molecule has 124 valence electrons. The number of aliphatic carboxylic acids is 1. The topological polar surface area (TPSA) is 115 Å². The van der Waals surface area contributed by atoms with Crippen molar-refractivity contribution in [1.29, 1.82) is 0 Å². The van der Waals surface area contributed by atoms with E-state index in [0.717, 1.165) is 26.5 Å². The molecule has 0 radical (unpaired) electrons. The van der Waals surface area contributed by atoms with Gasteiger partial charge in [0.05, 0.1) is 28.5 Å². The fraction of sp³-hybridized carbons (Fsp3) is 0.125. The maximum absolute atomic E-state index is 10.7. The van der Waals surface area contributed by atoms with Crippen LogP contribution in [0.3, 0.4) is 0 Å². The van der Waals surface area contributed by atoms with Gasteiger partial charge in [-0.1, -0.05) is 6.07 Å². The van der Waals surface area contributed by atoms with Gasteiger partial charge in [-0.25, -0.2) is 4.98 Å². The average Bonchev–Trinajstić information content (AvgIpc) is 3.20. The van der Waals surface area contributed by atoms with Gasteiger partial charge in [-0.05, 0) is 12.1 Å². The molecule has 0 bridgehead atoms. The summed E-state index contributed by atoms with van der Waals surface area (Å²) < 4.78 is 6.35. The van der Waals surface area contributed by atoms with Crippen LogP contribution in [0, 0.1) is 0 Å². The molecule has 0 unspecified atom stereocenters. The minimum absolute atomic E-state index is 0.0912. The number of nitrogens with zero attached hydrogens (tertiary/aromatic N) is 5. The minimum atomic E-state index is -1.01. The van der Waals surface area contributed by atoms with Crippen LogP contribution in [0.2, 0.25) is 0 Å². The number of rotatable bonds is 5. The number of aromatic nitrogens is 5. The smallest absolute Gasteiger partial charge is 0.312 e. The monoisotopic (exact) mass is 353 g/mol. The zero-order valence-corrected chi connectivity index (χ0v) is 13.6. The van der Waals surface area contributed by atoms with Gasteiger partial charge in [0, 0.05) is 18.0 Å². The maximum atomic E-state index is 10.7. The van der Waals surface area contributed by atoms with Crippen molar-refractivity contribution >= 4 is 27.5 Å². The minimum Gasteiger partial charge on any atom is -0.481 e. The lowest BCUT2D eigenvalue weighted by atomic mass is 10.1. The van der Waals surface area contributed by atoms with E-state index in [-0.39, 0.29) is 12.3 Å². The predicted octanol–water partition coefficient (Wildman–Crippen LogP) is 2.35. The van der Waals surface area contributed by atoms with Crippen LogP contribution in [-0.4, -0.2) is 36.2 Å². The molecule has 0 spiro atoms. The summed E-state index contributed by atoms with van der Waals surface area (Å²) in [6.45, 7) is 0. The summed E-state index contributed by atoms with van der Waals surface area (Å²) in [5, 5.41) is 17.1. The molecule has 0 aliphatic heterocycles. The van der Waals surface area contributed by atoms with Crippen molar-refractivity contribution in [2.45, 2.75) is 12.8 Å². The fourth-order valence-corrected chi connectivity index (χ4v) is 3.34. The Labute approximate surface area is 145 Å². The number of carboxylic acid groups (broad SMARTS) is 1. The number of carboxylic acids is 1. The lowest BCUT2D eigenvalue weighted by Crippen LogP contribution is -1.99. The van der Waals surface area contributed by atoms with E-state index in [4.69, 9.17) is 9.52 Å². The van der Waals surface area contributed by atoms with Crippen molar-refractivity contribution in [3.8, 4) is 11.3 Å². The molecule has 1 aromatic carbocycles. The number of hydrogen-bond acceptors (Lipinski definition) is 8. The fourth-order valence-electron chi connectivity index (χ4n) is 2.35. The molecule has 8 nitrogen and oxygen atoms in total. The van der Waals surface area contributed by atoms with Crippen LogP contribution >= 0.6 is 11.3 Å². The van der Waals surface area contributed by atoms with E-state index in [0.29, 0.717) is 12.3 Å². The third-order valence-corrected chi connectivity index (χ3v) is 4.42. The maximum Gasteiger partial charge on any atom is 0.312 e. The van der Waals surface area contributed by atoms with Crippen LogP contribution in [0.5, 0.6) is 0 Å². The Morgan fingerprint density at radius 3 is 2.88 bits per heavy atom. The van der Waals surface area contributed by atoms with Gasteiger partial charge in [-0.3, -0.25) is 14.8 Å². The van der Waals surface area contributed by atoms with E-state index in [1.807, 2.05) is 18.2 Å². The first kappa shape index (κ1) is 15.3. The first-order valence-corrected chi connectivity index (χ1v) is 8.18. The van der Waals surface area contributed by atoms with Gasteiger partial charge in [0.1, 0.15) is 11.4 Å². The molecule has 0 aliphatic rings. The number of hydrogen-bond donors (Lipinski definition) is 1. The Morgan fingerprint density at radius 2 is 2.08 bits per heavy atom. The van der Waals surface area contributed by atoms with Crippen molar-refractivity contribution in [2.75, 3.05) is 0 Å². The van der Waals surface area contributed by atoms with Gasteiger partial charge in [0.15, 0.2) is 0 Å². The highest BCUT2D eigenvalue weighted by Crippen LogP contribution is 2.28. The third-order valence-electron chi connectivity index (χ3n) is 3.41. The highest BCUT2D eigenvalue weighted by molar-refractivity contribution is 7.18. The second-order valence-electron chi connectivity index (χ2n) is 5.22. The molecule has 0 amide bonds. The number of benzene rings is 1. The van der Waals surface area contributed by atoms with Crippen LogP contribution in [0.4, 0.5) is 0 Å². The van der Waals surface area contributed by atoms with E-state index in [9.17, 15) is 4.79 Å². The van der Waals surface area contributed by atoms with Gasteiger partial charge in [-0.15, -0.1) is 21.5 Å². The van der Waals surface area contributed by atoms with E-state index >= 15 is 0 Å². The van der Waals surface area contributed by atoms with Gasteiger partial charge >= 0.3 is 5.97 Å². The highest BCUT2D eigenvalue weighted by atomic mass is 32.1. The van der Waals surface area contributed by atoms with Crippen molar-refractivity contribution < 1.29 is 14.3 Å². The molecule has 9 heteroatoms. The quantitative estimate of drug-likeness (QED) is 0.581. The van der Waals surface area contributed by atoms with Crippen molar-refractivity contribution in [3.05, 3.63) is 53.6 Å². The third kappa shape index (κ3) is 3.36. The van der Waals surface area contributed by atoms with Crippen molar-refractivity contribution in [3.63, 3.8) is 0 Å². The Balaban J connectivity index is 1.59. The standard InChI is InChI=1S/C16H11N5O3S/c22-16(23)7-14-21-20-13(24-14)6-15-19-10-2-1-9(5-12(10)25-15)11-8-17-3-4-18-11/h1-5,8H,6-7H2,(H,22,23). The molecule has 1 N–H and O–H groups in total. The molecular formula is C16H11N5O3S. The van der Waals surface area contributed by atoms with Crippen LogP contribution < -0.4 is 0 Å². The van der Waals surface area contributed by atoms with Gasteiger partial charge < -0.3 is 9.52 Å². The largest absolute Gasteiger partial charge is 0.481 e. The van der Waals surface area contributed by atoms with Crippen LogP contribution in [-0.2, 0) is 17.6 Å². The summed E-state index contributed by atoms with van der Waals surface area (Å²) in [6, 6.07) is 5.90. The molecule has 3 heterocycles. The predicted molar refractivity (Wildman–Crippen MR) is 89.1 cm³/mol. The molecule has 0 saturated carbocycles. The summed E-state index contributed by atoms with van der Waals surface area (Å²) in [6.07, 6.45) is 5.09. The second-order valence-corrected chi connectivity index (χ2v) is 6.33. The molecule has 0 fully saturated rings. The Bertz CT molecular complexity index is 1040. The average molecular weight is 353 g/mol. The van der Waals surface area contributed by atoms with E-state index < -0.39 is 5.97 Å². The van der Waals surface area contributed by atoms with E-state index in [2.05, 4.69) is 25.1 Å². The van der Waals surface area contributed by atoms with E-state index in [1.165, 1.54) is 11.3 Å². The summed E-state index contributed by atoms with van der Waals surface area (Å²) in [5.74, 6) is -0.565. The molecule has 4 rings (SSSR count). The van der Waals surface area contributed by atoms with Gasteiger partial charge in [-0.2, -0.15) is 0 Å². The summed E-state index contributed by atoms with van der Waals surface area (Å²) in [7, 11) is 0. The van der Waals surface area contributed by atoms with E-state index in [1.54, 1.807) is 18.6 Å². The number of carbonyl (C=O) groups is 1. The highest BCUT2D eigenvalue weighted by Gasteiger charge is 2.13. The Morgan fingerprint density at radius 1 is 1.20 bits per heavy atom. The van der Waals surface area contributed by atoms with Crippen LogP contribution in [0.1, 0.15) is 16.8 Å². The molecule has 25 heavy (non-hydrogen) atoms. The van der Waals surface area contributed by atoms with Crippen LogP contribution in [0.25, 0.3) is 21.5 Å². The Hall–Kier alpha value is -3.20. The number of fused-ring (bicyclic) bond motifs is 1. The molecule has 4 aromatic rings. The molecule has 0 aliphatic carbocycles. The van der Waals surface area contributed by atoms with Crippen molar-refractivity contribution in [2.24, 2.45) is 0 Å². The lowest BCUT2D eigenvalue weighted by molar-refractivity contribution is -0.136.